The average Bonchev–Trinajstić information content (AvgIpc) is 2.80. The van der Waals surface area contributed by atoms with Crippen molar-refractivity contribution in [3.05, 3.63) is 32.6 Å². The Morgan fingerprint density at radius 3 is 2.60 bits per heavy atom. The zero-order valence-corrected chi connectivity index (χ0v) is 13.8. The fourth-order valence-electron chi connectivity index (χ4n) is 1.77. The quantitative estimate of drug-likeness (QED) is 0.849. The molecule has 0 aliphatic heterocycles. The first kappa shape index (κ1) is 15.2. The summed E-state index contributed by atoms with van der Waals surface area (Å²) in [6.45, 7) is 8.85. The molecule has 2 heterocycles. The van der Waals surface area contributed by atoms with Crippen molar-refractivity contribution in [2.45, 2.75) is 40.0 Å². The van der Waals surface area contributed by atoms with Gasteiger partial charge in [-0.15, -0.1) is 11.3 Å². The molecular weight excluding hydrogens is 292 g/mol. The van der Waals surface area contributed by atoms with Crippen molar-refractivity contribution in [2.75, 3.05) is 11.9 Å². The van der Waals surface area contributed by atoms with Crippen LogP contribution in [0.3, 0.4) is 0 Å². The van der Waals surface area contributed by atoms with E-state index in [1.807, 2.05) is 13.8 Å². The summed E-state index contributed by atoms with van der Waals surface area (Å²) in [5, 5.41) is 7.05. The van der Waals surface area contributed by atoms with E-state index in [1.54, 1.807) is 11.3 Å². The Morgan fingerprint density at radius 2 is 2.00 bits per heavy atom. The fourth-order valence-corrected chi connectivity index (χ4v) is 2.59. The van der Waals surface area contributed by atoms with Crippen molar-refractivity contribution in [3.63, 3.8) is 0 Å². The topological polar surface area (TPSA) is 50.7 Å². The van der Waals surface area contributed by atoms with Gasteiger partial charge in [0.05, 0.1) is 10.7 Å². The van der Waals surface area contributed by atoms with E-state index in [-0.39, 0.29) is 5.92 Å². The fraction of sp³-hybridized carbons (Fsp3) is 0.500. The first-order valence-electron chi connectivity index (χ1n) is 6.66. The maximum absolute atomic E-state index is 6.16. The SMILES string of the molecule is Cc1nc(CCNc2nc(C(C)C)nc(Cl)c2C)cs1. The van der Waals surface area contributed by atoms with Crippen LogP contribution in [0.2, 0.25) is 5.15 Å². The van der Waals surface area contributed by atoms with Crippen LogP contribution in [-0.4, -0.2) is 21.5 Å². The monoisotopic (exact) mass is 310 g/mol. The third kappa shape index (κ3) is 3.67. The largest absolute Gasteiger partial charge is 0.369 e. The zero-order valence-electron chi connectivity index (χ0n) is 12.2. The predicted octanol–water partition coefficient (Wildman–Crippen LogP) is 3.98. The highest BCUT2D eigenvalue weighted by Crippen LogP contribution is 2.22. The Balaban J connectivity index is 2.05. The minimum atomic E-state index is 0.259. The summed E-state index contributed by atoms with van der Waals surface area (Å²) in [5.41, 5.74) is 2.01. The highest BCUT2D eigenvalue weighted by atomic mass is 35.5. The Bertz CT molecular complexity index is 595. The van der Waals surface area contributed by atoms with Crippen LogP contribution in [0.25, 0.3) is 0 Å². The molecule has 0 bridgehead atoms. The summed E-state index contributed by atoms with van der Waals surface area (Å²) in [6.07, 6.45) is 0.877. The molecular formula is C14H19ClN4S. The standard InChI is InChI=1S/C14H19ClN4S/c1-8(2)13-18-12(15)9(3)14(19-13)16-6-5-11-7-20-10(4)17-11/h7-8H,5-6H2,1-4H3,(H,16,18,19). The number of aromatic nitrogens is 3. The van der Waals surface area contributed by atoms with Crippen molar-refractivity contribution in [2.24, 2.45) is 0 Å². The molecule has 0 fully saturated rings. The van der Waals surface area contributed by atoms with Gasteiger partial charge in [0.2, 0.25) is 0 Å². The second-order valence-corrected chi connectivity index (χ2v) is 6.46. The molecule has 2 aromatic rings. The number of anilines is 1. The average molecular weight is 311 g/mol. The van der Waals surface area contributed by atoms with E-state index in [9.17, 15) is 0 Å². The van der Waals surface area contributed by atoms with Gasteiger partial charge in [-0.2, -0.15) is 0 Å². The number of hydrogen-bond donors (Lipinski definition) is 1. The Hall–Kier alpha value is -1.20. The lowest BCUT2D eigenvalue weighted by Crippen LogP contribution is -2.11. The second-order valence-electron chi connectivity index (χ2n) is 5.04. The molecule has 0 amide bonds. The van der Waals surface area contributed by atoms with E-state index in [0.29, 0.717) is 5.15 Å². The van der Waals surface area contributed by atoms with Crippen LogP contribution >= 0.6 is 22.9 Å². The molecule has 0 saturated heterocycles. The van der Waals surface area contributed by atoms with E-state index >= 15 is 0 Å². The summed E-state index contributed by atoms with van der Waals surface area (Å²) in [4.78, 5) is 13.3. The first-order valence-corrected chi connectivity index (χ1v) is 7.92. The summed E-state index contributed by atoms with van der Waals surface area (Å²) in [5.74, 6) is 1.85. The molecule has 108 valence electrons. The number of aryl methyl sites for hydroxylation is 1. The molecule has 0 radical (unpaired) electrons. The molecule has 6 heteroatoms. The molecule has 2 rings (SSSR count). The van der Waals surface area contributed by atoms with E-state index in [1.165, 1.54) is 0 Å². The highest BCUT2D eigenvalue weighted by molar-refractivity contribution is 7.09. The Kier molecular flexibility index (Phi) is 4.94. The molecule has 0 unspecified atom stereocenters. The van der Waals surface area contributed by atoms with Gasteiger partial charge >= 0.3 is 0 Å². The van der Waals surface area contributed by atoms with Crippen LogP contribution in [0.15, 0.2) is 5.38 Å². The molecule has 2 aromatic heterocycles. The van der Waals surface area contributed by atoms with Crippen LogP contribution in [0, 0.1) is 13.8 Å². The number of hydrogen-bond acceptors (Lipinski definition) is 5. The zero-order chi connectivity index (χ0) is 14.7. The van der Waals surface area contributed by atoms with Gasteiger partial charge in [0.25, 0.3) is 0 Å². The van der Waals surface area contributed by atoms with E-state index in [2.05, 4.69) is 39.5 Å². The van der Waals surface area contributed by atoms with Gasteiger partial charge in [0, 0.05) is 29.8 Å². The predicted molar refractivity (Wildman–Crippen MR) is 84.9 cm³/mol. The third-order valence-corrected chi connectivity index (χ3v) is 4.15. The minimum Gasteiger partial charge on any atom is -0.369 e. The summed E-state index contributed by atoms with van der Waals surface area (Å²) in [6, 6.07) is 0. The molecule has 0 aromatic carbocycles. The molecule has 0 aliphatic carbocycles. The normalized spacial score (nSPS) is 11.1. The summed E-state index contributed by atoms with van der Waals surface area (Å²) >= 11 is 7.84. The van der Waals surface area contributed by atoms with E-state index < -0.39 is 0 Å². The van der Waals surface area contributed by atoms with Crippen molar-refractivity contribution < 1.29 is 0 Å². The molecule has 0 atom stereocenters. The first-order chi connectivity index (χ1) is 9.47. The lowest BCUT2D eigenvalue weighted by molar-refractivity contribution is 0.771. The smallest absolute Gasteiger partial charge is 0.137 e. The molecule has 1 N–H and O–H groups in total. The minimum absolute atomic E-state index is 0.259. The van der Waals surface area contributed by atoms with Crippen LogP contribution in [0.1, 0.15) is 41.9 Å². The van der Waals surface area contributed by atoms with Crippen molar-refractivity contribution >= 4 is 28.8 Å². The lowest BCUT2D eigenvalue weighted by Gasteiger charge is -2.12. The van der Waals surface area contributed by atoms with Gasteiger partial charge in [0.15, 0.2) is 0 Å². The summed E-state index contributed by atoms with van der Waals surface area (Å²) in [7, 11) is 0. The van der Waals surface area contributed by atoms with Gasteiger partial charge in [-0.25, -0.2) is 15.0 Å². The van der Waals surface area contributed by atoms with Gasteiger partial charge in [0.1, 0.15) is 16.8 Å². The molecule has 0 aliphatic rings. The summed E-state index contributed by atoms with van der Waals surface area (Å²) < 4.78 is 0. The molecule has 20 heavy (non-hydrogen) atoms. The van der Waals surface area contributed by atoms with Crippen molar-refractivity contribution in [1.82, 2.24) is 15.0 Å². The third-order valence-electron chi connectivity index (χ3n) is 2.96. The van der Waals surface area contributed by atoms with Gasteiger partial charge in [-0.1, -0.05) is 25.4 Å². The lowest BCUT2D eigenvalue weighted by atomic mass is 10.2. The van der Waals surface area contributed by atoms with Gasteiger partial charge in [-0.3, -0.25) is 0 Å². The number of halogens is 1. The van der Waals surface area contributed by atoms with Crippen LogP contribution in [-0.2, 0) is 6.42 Å². The van der Waals surface area contributed by atoms with Gasteiger partial charge < -0.3 is 5.32 Å². The molecule has 0 spiro atoms. The highest BCUT2D eigenvalue weighted by Gasteiger charge is 2.11. The molecule has 4 nitrogen and oxygen atoms in total. The van der Waals surface area contributed by atoms with Crippen molar-refractivity contribution in [3.8, 4) is 0 Å². The number of rotatable bonds is 5. The van der Waals surface area contributed by atoms with Crippen molar-refractivity contribution in [1.29, 1.82) is 0 Å². The molecule has 0 saturated carbocycles. The van der Waals surface area contributed by atoms with Crippen LogP contribution < -0.4 is 5.32 Å². The van der Waals surface area contributed by atoms with Crippen LogP contribution in [0.5, 0.6) is 0 Å². The van der Waals surface area contributed by atoms with Gasteiger partial charge in [-0.05, 0) is 13.8 Å². The Labute approximate surface area is 128 Å². The number of thiazole rings is 1. The Morgan fingerprint density at radius 1 is 1.25 bits per heavy atom. The second kappa shape index (κ2) is 6.50. The number of nitrogens with one attached hydrogen (secondary N) is 1. The number of nitrogens with zero attached hydrogens (tertiary/aromatic N) is 3. The maximum Gasteiger partial charge on any atom is 0.137 e. The maximum atomic E-state index is 6.16. The van der Waals surface area contributed by atoms with Crippen LogP contribution in [0.4, 0.5) is 5.82 Å². The van der Waals surface area contributed by atoms with E-state index in [0.717, 1.165) is 40.9 Å². The van der Waals surface area contributed by atoms with E-state index in [4.69, 9.17) is 11.6 Å².